The molecule has 2 fully saturated rings. The first kappa shape index (κ1) is 18.6. The molecule has 1 N–H and O–H groups in total. The summed E-state index contributed by atoms with van der Waals surface area (Å²) in [6, 6.07) is 2.74. The van der Waals surface area contributed by atoms with Gasteiger partial charge in [0, 0.05) is 45.3 Å². The maximum atomic E-state index is 12.7. The minimum atomic E-state index is 0.00669. The van der Waals surface area contributed by atoms with Gasteiger partial charge in [-0.05, 0) is 48.2 Å². The van der Waals surface area contributed by atoms with Crippen molar-refractivity contribution in [1.29, 1.82) is 0 Å². The second-order valence-electron chi connectivity index (χ2n) is 7.50. The molecule has 27 heavy (non-hydrogen) atoms. The lowest BCUT2D eigenvalue weighted by molar-refractivity contribution is 0.0622. The summed E-state index contributed by atoms with van der Waals surface area (Å²) in [5.74, 6) is 0.00669. The zero-order valence-electron chi connectivity index (χ0n) is 15.7. The van der Waals surface area contributed by atoms with Gasteiger partial charge in [0.25, 0.3) is 5.91 Å². The van der Waals surface area contributed by atoms with Gasteiger partial charge in [-0.15, -0.1) is 5.10 Å². The summed E-state index contributed by atoms with van der Waals surface area (Å²) in [5.41, 5.74) is 1.83. The van der Waals surface area contributed by atoms with Crippen LogP contribution in [-0.2, 0) is 13.1 Å². The average Bonchev–Trinajstić information content (AvgIpc) is 3.39. The maximum absolute atomic E-state index is 12.7. The topological polar surface area (TPSA) is 66.3 Å². The van der Waals surface area contributed by atoms with Crippen LogP contribution in [0.25, 0.3) is 0 Å². The lowest BCUT2D eigenvalue weighted by atomic mass is 10.0. The molecule has 0 radical (unpaired) electrons. The number of piperidine rings is 1. The summed E-state index contributed by atoms with van der Waals surface area (Å²) < 4.78 is 1.82. The van der Waals surface area contributed by atoms with Gasteiger partial charge >= 0.3 is 0 Å². The summed E-state index contributed by atoms with van der Waals surface area (Å²) in [6.07, 6.45) is 6.66. The molecule has 0 saturated carbocycles. The van der Waals surface area contributed by atoms with E-state index in [2.05, 4.69) is 37.4 Å². The number of rotatable bonds is 6. The van der Waals surface area contributed by atoms with E-state index >= 15 is 0 Å². The van der Waals surface area contributed by atoms with E-state index in [0.29, 0.717) is 11.7 Å². The van der Waals surface area contributed by atoms with Gasteiger partial charge in [-0.25, -0.2) is 0 Å². The molecule has 4 rings (SSSR count). The number of aryl methyl sites for hydroxylation is 1. The standard InChI is InChI=1S/C19H28N6OS/c26-19(24-10-8-23(9-11-24)13-16-5-12-27-15-16)18-14-25(22-21-18)7-4-17-3-1-2-6-20-17/h5,12,14-15,17,20H,1-4,6-11,13H2. The molecule has 7 nitrogen and oxygen atoms in total. The smallest absolute Gasteiger partial charge is 0.276 e. The zero-order valence-corrected chi connectivity index (χ0v) is 16.5. The summed E-state index contributed by atoms with van der Waals surface area (Å²) in [4.78, 5) is 17.0. The highest BCUT2D eigenvalue weighted by Crippen LogP contribution is 2.14. The lowest BCUT2D eigenvalue weighted by Crippen LogP contribution is -2.48. The Balaban J connectivity index is 1.24. The Hall–Kier alpha value is -1.77. The predicted molar refractivity (Wildman–Crippen MR) is 106 cm³/mol. The van der Waals surface area contributed by atoms with Crippen molar-refractivity contribution < 1.29 is 4.79 Å². The fraction of sp³-hybridized carbons (Fsp3) is 0.632. The van der Waals surface area contributed by atoms with Crippen molar-refractivity contribution in [2.75, 3.05) is 32.7 Å². The van der Waals surface area contributed by atoms with Crippen molar-refractivity contribution in [3.8, 4) is 0 Å². The van der Waals surface area contributed by atoms with Gasteiger partial charge in [0.2, 0.25) is 0 Å². The normalized spacial score (nSPS) is 21.5. The molecule has 0 bridgehead atoms. The minimum absolute atomic E-state index is 0.00669. The lowest BCUT2D eigenvalue weighted by Gasteiger charge is -2.34. The molecular weight excluding hydrogens is 360 g/mol. The number of aromatic nitrogens is 3. The quantitative estimate of drug-likeness (QED) is 0.818. The Bertz CT molecular complexity index is 716. The summed E-state index contributed by atoms with van der Waals surface area (Å²) in [5, 5.41) is 16.1. The van der Waals surface area contributed by atoms with E-state index in [9.17, 15) is 4.79 Å². The molecule has 2 saturated heterocycles. The Morgan fingerprint density at radius 3 is 2.89 bits per heavy atom. The van der Waals surface area contributed by atoms with Crippen molar-refractivity contribution in [2.24, 2.45) is 0 Å². The summed E-state index contributed by atoms with van der Waals surface area (Å²) in [7, 11) is 0. The molecule has 8 heteroatoms. The Kier molecular flexibility index (Phi) is 6.16. The van der Waals surface area contributed by atoms with Crippen molar-refractivity contribution in [3.63, 3.8) is 0 Å². The second-order valence-corrected chi connectivity index (χ2v) is 8.28. The predicted octanol–water partition coefficient (Wildman–Crippen LogP) is 1.83. The van der Waals surface area contributed by atoms with Crippen LogP contribution < -0.4 is 5.32 Å². The zero-order chi connectivity index (χ0) is 18.5. The number of carbonyl (C=O) groups is 1. The first-order valence-electron chi connectivity index (χ1n) is 9.94. The van der Waals surface area contributed by atoms with Crippen LogP contribution in [0, 0.1) is 0 Å². The van der Waals surface area contributed by atoms with Gasteiger partial charge in [-0.3, -0.25) is 14.4 Å². The molecule has 0 aliphatic carbocycles. The number of piperazine rings is 1. The molecule has 1 amide bonds. The first-order valence-corrected chi connectivity index (χ1v) is 10.9. The van der Waals surface area contributed by atoms with E-state index in [1.807, 2.05) is 15.8 Å². The highest BCUT2D eigenvalue weighted by atomic mass is 32.1. The van der Waals surface area contributed by atoms with Crippen LogP contribution >= 0.6 is 11.3 Å². The van der Waals surface area contributed by atoms with Crippen molar-refractivity contribution in [2.45, 2.75) is 44.8 Å². The van der Waals surface area contributed by atoms with Gasteiger partial charge in [-0.2, -0.15) is 11.3 Å². The van der Waals surface area contributed by atoms with Crippen LogP contribution in [0.3, 0.4) is 0 Å². The number of hydrogen-bond donors (Lipinski definition) is 1. The first-order chi connectivity index (χ1) is 13.3. The molecule has 0 aromatic carbocycles. The van der Waals surface area contributed by atoms with Crippen molar-refractivity contribution >= 4 is 17.2 Å². The average molecular weight is 389 g/mol. The number of nitrogens with one attached hydrogen (secondary N) is 1. The summed E-state index contributed by atoms with van der Waals surface area (Å²) in [6.45, 7) is 6.21. The van der Waals surface area contributed by atoms with Crippen molar-refractivity contribution in [3.05, 3.63) is 34.3 Å². The molecule has 2 aliphatic heterocycles. The molecule has 4 heterocycles. The molecule has 2 aromatic heterocycles. The van der Waals surface area contributed by atoms with Crippen molar-refractivity contribution in [1.82, 2.24) is 30.1 Å². The fourth-order valence-electron chi connectivity index (χ4n) is 3.88. The van der Waals surface area contributed by atoms with E-state index in [1.165, 1.54) is 24.8 Å². The number of amides is 1. The van der Waals surface area contributed by atoms with E-state index < -0.39 is 0 Å². The van der Waals surface area contributed by atoms with Crippen LogP contribution in [0.1, 0.15) is 41.7 Å². The molecule has 0 spiro atoms. The van der Waals surface area contributed by atoms with Crippen LogP contribution in [-0.4, -0.2) is 69.5 Å². The van der Waals surface area contributed by atoms with Gasteiger partial charge in [0.15, 0.2) is 5.69 Å². The Labute approximate surface area is 164 Å². The highest BCUT2D eigenvalue weighted by molar-refractivity contribution is 7.07. The number of thiophene rings is 1. The summed E-state index contributed by atoms with van der Waals surface area (Å²) >= 11 is 1.73. The number of hydrogen-bond acceptors (Lipinski definition) is 6. The Morgan fingerprint density at radius 2 is 2.15 bits per heavy atom. The van der Waals surface area contributed by atoms with Crippen LogP contribution in [0.4, 0.5) is 0 Å². The van der Waals surface area contributed by atoms with Gasteiger partial charge in [0.05, 0.1) is 6.20 Å². The Morgan fingerprint density at radius 1 is 1.26 bits per heavy atom. The molecule has 1 unspecified atom stereocenters. The van der Waals surface area contributed by atoms with E-state index in [4.69, 9.17) is 0 Å². The third-order valence-electron chi connectivity index (χ3n) is 5.52. The van der Waals surface area contributed by atoms with E-state index in [-0.39, 0.29) is 5.91 Å². The third-order valence-corrected chi connectivity index (χ3v) is 6.25. The van der Waals surface area contributed by atoms with Gasteiger partial charge in [-0.1, -0.05) is 11.6 Å². The highest BCUT2D eigenvalue weighted by Gasteiger charge is 2.24. The second kappa shape index (κ2) is 8.95. The third kappa shape index (κ3) is 4.94. The molecular formula is C19H28N6OS. The largest absolute Gasteiger partial charge is 0.335 e. The molecule has 146 valence electrons. The van der Waals surface area contributed by atoms with Gasteiger partial charge in [0.1, 0.15) is 0 Å². The van der Waals surface area contributed by atoms with Crippen LogP contribution in [0.2, 0.25) is 0 Å². The fourth-order valence-corrected chi connectivity index (χ4v) is 4.54. The monoisotopic (exact) mass is 388 g/mol. The molecule has 2 aliphatic rings. The van der Waals surface area contributed by atoms with Crippen LogP contribution in [0.5, 0.6) is 0 Å². The van der Waals surface area contributed by atoms with Crippen LogP contribution in [0.15, 0.2) is 23.0 Å². The van der Waals surface area contributed by atoms with Gasteiger partial charge < -0.3 is 10.2 Å². The maximum Gasteiger partial charge on any atom is 0.276 e. The molecule has 1 atom stereocenters. The molecule has 2 aromatic rings. The van der Waals surface area contributed by atoms with E-state index in [0.717, 1.165) is 52.2 Å². The SMILES string of the molecule is O=C(c1cn(CCC2CCCCN2)nn1)N1CCN(Cc2ccsc2)CC1. The number of nitrogens with zero attached hydrogens (tertiary/aromatic N) is 5. The minimum Gasteiger partial charge on any atom is -0.335 e. The van der Waals surface area contributed by atoms with E-state index in [1.54, 1.807) is 11.3 Å². The number of carbonyl (C=O) groups excluding carboxylic acids is 1.